The highest BCUT2D eigenvalue weighted by Crippen LogP contribution is 2.21. The molecule has 5 heteroatoms. The molecule has 0 aromatic carbocycles. The second kappa shape index (κ2) is 6.30. The van der Waals surface area contributed by atoms with Gasteiger partial charge in [0.25, 0.3) is 0 Å². The summed E-state index contributed by atoms with van der Waals surface area (Å²) in [7, 11) is 2.00. The van der Waals surface area contributed by atoms with Gasteiger partial charge in [0.15, 0.2) is 0 Å². The van der Waals surface area contributed by atoms with E-state index < -0.39 is 0 Å². The Hall–Kier alpha value is -1.20. The maximum Gasteiger partial charge on any atom is 0.0897 e. The third-order valence-electron chi connectivity index (χ3n) is 3.31. The first-order valence-electron chi connectivity index (χ1n) is 6.82. The maximum atomic E-state index is 4.62. The highest BCUT2D eigenvalue weighted by molar-refractivity contribution is 7.09. The lowest BCUT2D eigenvalue weighted by Gasteiger charge is -2.16. The van der Waals surface area contributed by atoms with Gasteiger partial charge in [0.2, 0.25) is 0 Å². The van der Waals surface area contributed by atoms with Crippen LogP contribution in [-0.2, 0) is 19.4 Å². The first-order valence-corrected chi connectivity index (χ1v) is 7.70. The molecule has 104 valence electrons. The molecule has 0 spiro atoms. The molecule has 2 rings (SSSR count). The fourth-order valence-corrected chi connectivity index (χ4v) is 2.88. The van der Waals surface area contributed by atoms with Crippen LogP contribution in [0.25, 0.3) is 0 Å². The second-order valence-corrected chi connectivity index (χ2v) is 5.70. The van der Waals surface area contributed by atoms with E-state index in [1.165, 1.54) is 5.69 Å². The van der Waals surface area contributed by atoms with Gasteiger partial charge in [0.1, 0.15) is 0 Å². The van der Waals surface area contributed by atoms with Crippen LogP contribution < -0.4 is 5.32 Å². The van der Waals surface area contributed by atoms with Gasteiger partial charge in [-0.05, 0) is 33.4 Å². The molecule has 0 radical (unpaired) electrons. The van der Waals surface area contributed by atoms with E-state index in [1.54, 1.807) is 11.3 Å². The van der Waals surface area contributed by atoms with Gasteiger partial charge in [-0.15, -0.1) is 11.3 Å². The average molecular weight is 278 g/mol. The Morgan fingerprint density at radius 3 is 2.68 bits per heavy atom. The first kappa shape index (κ1) is 14.2. The minimum absolute atomic E-state index is 0.272. The Bertz CT molecular complexity index is 529. The first-order chi connectivity index (χ1) is 9.17. The zero-order valence-corrected chi connectivity index (χ0v) is 12.9. The van der Waals surface area contributed by atoms with Crippen LogP contribution in [0.5, 0.6) is 0 Å². The molecule has 2 heterocycles. The van der Waals surface area contributed by atoms with E-state index in [9.17, 15) is 0 Å². The average Bonchev–Trinajstić information content (AvgIpc) is 3.01. The van der Waals surface area contributed by atoms with Crippen molar-refractivity contribution in [2.24, 2.45) is 0 Å². The second-order valence-electron chi connectivity index (χ2n) is 4.63. The molecule has 2 aromatic rings. The minimum atomic E-state index is 0.272. The number of nitrogens with one attached hydrogen (secondary N) is 1. The summed E-state index contributed by atoms with van der Waals surface area (Å²) in [5, 5.41) is 11.3. The van der Waals surface area contributed by atoms with Crippen LogP contribution in [0.1, 0.15) is 42.0 Å². The van der Waals surface area contributed by atoms with Crippen molar-refractivity contribution < 1.29 is 0 Å². The Kier molecular flexibility index (Phi) is 4.71. The zero-order valence-electron chi connectivity index (χ0n) is 12.1. The summed E-state index contributed by atoms with van der Waals surface area (Å²) in [6.07, 6.45) is 1.89. The predicted molar refractivity (Wildman–Crippen MR) is 79.6 cm³/mol. The van der Waals surface area contributed by atoms with Crippen LogP contribution in [0.4, 0.5) is 0 Å². The van der Waals surface area contributed by atoms with E-state index in [-0.39, 0.29) is 6.04 Å². The van der Waals surface area contributed by atoms with Gasteiger partial charge in [-0.1, -0.05) is 6.92 Å². The molecule has 19 heavy (non-hydrogen) atoms. The van der Waals surface area contributed by atoms with Gasteiger partial charge in [-0.2, -0.15) is 5.10 Å². The number of rotatable bonds is 6. The normalized spacial score (nSPS) is 12.8. The largest absolute Gasteiger partial charge is 0.311 e. The summed E-state index contributed by atoms with van der Waals surface area (Å²) >= 11 is 1.71. The van der Waals surface area contributed by atoms with Gasteiger partial charge >= 0.3 is 0 Å². The van der Waals surface area contributed by atoms with Crippen molar-refractivity contribution in [3.8, 4) is 0 Å². The van der Waals surface area contributed by atoms with Crippen LogP contribution >= 0.6 is 11.3 Å². The van der Waals surface area contributed by atoms with E-state index in [4.69, 9.17) is 0 Å². The molecule has 1 N–H and O–H groups in total. The third-order valence-corrected chi connectivity index (χ3v) is 4.13. The summed E-state index contributed by atoms with van der Waals surface area (Å²) in [6, 6.07) is 2.48. The van der Waals surface area contributed by atoms with Crippen LogP contribution in [0.3, 0.4) is 0 Å². The van der Waals surface area contributed by atoms with Crippen LogP contribution in [-0.4, -0.2) is 21.8 Å². The van der Waals surface area contributed by atoms with Gasteiger partial charge in [0.05, 0.1) is 28.1 Å². The van der Waals surface area contributed by atoms with Gasteiger partial charge in [-0.3, -0.25) is 4.68 Å². The summed E-state index contributed by atoms with van der Waals surface area (Å²) < 4.78 is 2.10. The van der Waals surface area contributed by atoms with Crippen molar-refractivity contribution in [3.05, 3.63) is 33.5 Å². The molecule has 0 amide bonds. The highest BCUT2D eigenvalue weighted by atomic mass is 32.1. The smallest absolute Gasteiger partial charge is 0.0897 e. The number of likely N-dealkylation sites (N-methyl/N-ethyl adjacent to an activating group) is 1. The number of thiazole rings is 1. The van der Waals surface area contributed by atoms with Crippen molar-refractivity contribution in [1.82, 2.24) is 20.1 Å². The summed E-state index contributed by atoms with van der Waals surface area (Å²) in [4.78, 5) is 4.56. The fourth-order valence-electron chi connectivity index (χ4n) is 2.26. The van der Waals surface area contributed by atoms with E-state index in [0.717, 1.165) is 35.8 Å². The lowest BCUT2D eigenvalue weighted by Crippen LogP contribution is -2.22. The van der Waals surface area contributed by atoms with Gasteiger partial charge < -0.3 is 5.32 Å². The fraction of sp³-hybridized carbons (Fsp3) is 0.571. The minimum Gasteiger partial charge on any atom is -0.311 e. The molecule has 0 fully saturated rings. The predicted octanol–water partition coefficient (Wildman–Crippen LogP) is 2.73. The van der Waals surface area contributed by atoms with E-state index >= 15 is 0 Å². The summed E-state index contributed by atoms with van der Waals surface area (Å²) in [6.45, 7) is 7.23. The van der Waals surface area contributed by atoms with Crippen molar-refractivity contribution in [2.75, 3.05) is 7.05 Å². The van der Waals surface area contributed by atoms with E-state index in [0.29, 0.717) is 0 Å². The highest BCUT2D eigenvalue weighted by Gasteiger charge is 2.17. The third kappa shape index (κ3) is 3.22. The molecule has 0 aliphatic heterocycles. The van der Waals surface area contributed by atoms with E-state index in [2.05, 4.69) is 45.4 Å². The van der Waals surface area contributed by atoms with Crippen LogP contribution in [0.15, 0.2) is 11.4 Å². The lowest BCUT2D eigenvalue weighted by atomic mass is 10.1. The molecule has 1 atom stereocenters. The van der Waals surface area contributed by atoms with Crippen molar-refractivity contribution in [3.63, 3.8) is 0 Å². The van der Waals surface area contributed by atoms with Crippen molar-refractivity contribution >= 4 is 11.3 Å². The Balaban J connectivity index is 2.23. The molecule has 0 saturated carbocycles. The van der Waals surface area contributed by atoms with Crippen molar-refractivity contribution in [1.29, 1.82) is 0 Å². The number of aryl methyl sites for hydroxylation is 3. The SMILES string of the molecule is CCc1cc(C(Cc2csc(C)n2)NC)n(CC)n1. The maximum absolute atomic E-state index is 4.62. The van der Waals surface area contributed by atoms with Gasteiger partial charge in [0, 0.05) is 18.3 Å². The van der Waals surface area contributed by atoms with E-state index in [1.807, 2.05) is 14.0 Å². The number of aromatic nitrogens is 3. The topological polar surface area (TPSA) is 42.7 Å². The molecule has 1 unspecified atom stereocenters. The quantitative estimate of drug-likeness (QED) is 0.883. The Morgan fingerprint density at radius 2 is 2.16 bits per heavy atom. The lowest BCUT2D eigenvalue weighted by molar-refractivity contribution is 0.509. The molecule has 0 aliphatic carbocycles. The van der Waals surface area contributed by atoms with Crippen LogP contribution in [0, 0.1) is 6.92 Å². The monoisotopic (exact) mass is 278 g/mol. The standard InChI is InChI=1S/C14H22N4S/c1-5-11-8-14(18(6-2)17-11)13(15-4)7-12-9-19-10(3)16-12/h8-9,13,15H,5-7H2,1-4H3. The molecule has 0 aliphatic rings. The van der Waals surface area contributed by atoms with Crippen molar-refractivity contribution in [2.45, 2.75) is 46.2 Å². The Labute approximate surface area is 118 Å². The number of nitrogens with zero attached hydrogens (tertiary/aromatic N) is 3. The summed E-state index contributed by atoms with van der Waals surface area (Å²) in [5.41, 5.74) is 3.57. The molecular formula is C14H22N4S. The van der Waals surface area contributed by atoms with Gasteiger partial charge in [-0.25, -0.2) is 4.98 Å². The Morgan fingerprint density at radius 1 is 1.37 bits per heavy atom. The number of hydrogen-bond donors (Lipinski definition) is 1. The molecule has 2 aromatic heterocycles. The zero-order chi connectivity index (χ0) is 13.8. The molecular weight excluding hydrogens is 256 g/mol. The van der Waals surface area contributed by atoms with Crippen LogP contribution in [0.2, 0.25) is 0 Å². The summed E-state index contributed by atoms with van der Waals surface area (Å²) in [5.74, 6) is 0. The molecule has 0 bridgehead atoms. The molecule has 4 nitrogen and oxygen atoms in total. The number of hydrogen-bond acceptors (Lipinski definition) is 4. The molecule has 0 saturated heterocycles.